The van der Waals surface area contributed by atoms with Gasteiger partial charge in [-0.25, -0.2) is 4.98 Å². The van der Waals surface area contributed by atoms with E-state index in [1.165, 1.54) is 6.07 Å². The van der Waals surface area contributed by atoms with Gasteiger partial charge in [0.15, 0.2) is 0 Å². The fourth-order valence-electron chi connectivity index (χ4n) is 2.06. The Labute approximate surface area is 112 Å². The SMILES string of the molecule is O=C(O)CCCCn1c(C(F)(F)F)nc2ccccc21. The lowest BCUT2D eigenvalue weighted by Crippen LogP contribution is -2.15. The molecule has 2 aromatic rings. The van der Waals surface area contributed by atoms with Gasteiger partial charge in [0.25, 0.3) is 0 Å². The van der Waals surface area contributed by atoms with Crippen LogP contribution in [-0.4, -0.2) is 20.6 Å². The van der Waals surface area contributed by atoms with E-state index in [-0.39, 0.29) is 18.5 Å². The first-order valence-corrected chi connectivity index (χ1v) is 6.14. The van der Waals surface area contributed by atoms with E-state index in [1.807, 2.05) is 0 Å². The number of aromatic nitrogens is 2. The summed E-state index contributed by atoms with van der Waals surface area (Å²) >= 11 is 0. The molecule has 0 spiro atoms. The minimum absolute atomic E-state index is 0.0476. The Morgan fingerprint density at radius 2 is 1.95 bits per heavy atom. The lowest BCUT2D eigenvalue weighted by molar-refractivity contribution is -0.147. The van der Waals surface area contributed by atoms with Gasteiger partial charge in [-0.1, -0.05) is 12.1 Å². The van der Waals surface area contributed by atoms with Crippen LogP contribution >= 0.6 is 0 Å². The molecule has 0 fully saturated rings. The molecule has 108 valence electrons. The van der Waals surface area contributed by atoms with E-state index in [9.17, 15) is 18.0 Å². The number of carboxylic acids is 1. The first-order chi connectivity index (χ1) is 9.39. The first kappa shape index (κ1) is 14.4. The van der Waals surface area contributed by atoms with E-state index < -0.39 is 18.0 Å². The highest BCUT2D eigenvalue weighted by Crippen LogP contribution is 2.31. The van der Waals surface area contributed by atoms with Gasteiger partial charge >= 0.3 is 12.1 Å². The molecule has 0 aliphatic carbocycles. The molecule has 0 aliphatic rings. The summed E-state index contributed by atoms with van der Waals surface area (Å²) in [6.07, 6.45) is -3.88. The summed E-state index contributed by atoms with van der Waals surface area (Å²) in [4.78, 5) is 14.0. The lowest BCUT2D eigenvalue weighted by Gasteiger charge is -2.10. The van der Waals surface area contributed by atoms with Crippen LogP contribution in [0.1, 0.15) is 25.1 Å². The zero-order chi connectivity index (χ0) is 14.8. The minimum Gasteiger partial charge on any atom is -0.481 e. The highest BCUT2D eigenvalue weighted by atomic mass is 19.4. The third-order valence-electron chi connectivity index (χ3n) is 2.93. The average molecular weight is 286 g/mol. The Hall–Kier alpha value is -2.05. The van der Waals surface area contributed by atoms with Crippen LogP contribution in [0.5, 0.6) is 0 Å². The van der Waals surface area contributed by atoms with E-state index >= 15 is 0 Å². The lowest BCUT2D eigenvalue weighted by atomic mass is 10.2. The molecule has 7 heteroatoms. The summed E-state index contributed by atoms with van der Waals surface area (Å²) in [7, 11) is 0. The number of halogens is 3. The highest BCUT2D eigenvalue weighted by molar-refractivity contribution is 5.76. The van der Waals surface area contributed by atoms with E-state index in [4.69, 9.17) is 5.11 Å². The van der Waals surface area contributed by atoms with Crippen LogP contribution in [0.3, 0.4) is 0 Å². The zero-order valence-electron chi connectivity index (χ0n) is 10.5. The predicted molar refractivity (Wildman–Crippen MR) is 66.2 cm³/mol. The maximum Gasteiger partial charge on any atom is 0.449 e. The molecule has 0 aliphatic heterocycles. The molecule has 1 aromatic carbocycles. The molecule has 0 saturated carbocycles. The van der Waals surface area contributed by atoms with E-state index in [1.54, 1.807) is 18.2 Å². The minimum atomic E-state index is -4.52. The molecule has 4 nitrogen and oxygen atoms in total. The van der Waals surface area contributed by atoms with E-state index in [0.717, 1.165) is 4.57 Å². The summed E-state index contributed by atoms with van der Waals surface area (Å²) in [5.74, 6) is -1.88. The number of imidazole rings is 1. The third-order valence-corrected chi connectivity index (χ3v) is 2.93. The molecule has 20 heavy (non-hydrogen) atoms. The summed E-state index contributed by atoms with van der Waals surface area (Å²) in [6.45, 7) is 0.0998. The van der Waals surface area contributed by atoms with Crippen LogP contribution in [0, 0.1) is 0 Å². The number of carboxylic acid groups (broad SMARTS) is 1. The zero-order valence-corrected chi connectivity index (χ0v) is 10.5. The number of aliphatic carboxylic acids is 1. The molecule has 0 radical (unpaired) electrons. The second-order valence-electron chi connectivity index (χ2n) is 4.42. The number of nitrogens with zero attached hydrogens (tertiary/aromatic N) is 2. The number of fused-ring (bicyclic) bond motifs is 1. The fraction of sp³-hybridized carbons (Fsp3) is 0.385. The van der Waals surface area contributed by atoms with E-state index in [2.05, 4.69) is 4.98 Å². The molecule has 0 bridgehead atoms. The second-order valence-corrected chi connectivity index (χ2v) is 4.42. The number of rotatable bonds is 5. The number of alkyl halides is 3. The van der Waals surface area contributed by atoms with Gasteiger partial charge < -0.3 is 9.67 Å². The van der Waals surface area contributed by atoms with Crippen molar-refractivity contribution < 1.29 is 23.1 Å². The summed E-state index contributed by atoms with van der Waals surface area (Å²) < 4.78 is 39.9. The average Bonchev–Trinajstić information content (AvgIpc) is 2.73. The van der Waals surface area contributed by atoms with Crippen LogP contribution in [0.4, 0.5) is 13.2 Å². The van der Waals surface area contributed by atoms with Crippen molar-refractivity contribution in [3.63, 3.8) is 0 Å². The Morgan fingerprint density at radius 1 is 1.25 bits per heavy atom. The summed E-state index contributed by atoms with van der Waals surface area (Å²) in [5, 5.41) is 8.53. The van der Waals surface area contributed by atoms with Crippen molar-refractivity contribution in [2.75, 3.05) is 0 Å². The van der Waals surface area contributed by atoms with Crippen molar-refractivity contribution in [2.45, 2.75) is 32.0 Å². The van der Waals surface area contributed by atoms with Gasteiger partial charge in [0.05, 0.1) is 11.0 Å². The Kier molecular flexibility index (Phi) is 3.96. The Bertz CT molecular complexity index is 620. The number of hydrogen-bond donors (Lipinski definition) is 1. The number of aryl methyl sites for hydroxylation is 1. The van der Waals surface area contributed by atoms with Gasteiger partial charge in [0, 0.05) is 13.0 Å². The largest absolute Gasteiger partial charge is 0.481 e. The van der Waals surface area contributed by atoms with Crippen molar-refractivity contribution >= 4 is 17.0 Å². The number of carbonyl (C=O) groups is 1. The molecule has 1 heterocycles. The normalized spacial score (nSPS) is 11.9. The molecular weight excluding hydrogens is 273 g/mol. The summed E-state index contributed by atoms with van der Waals surface area (Å²) in [6, 6.07) is 6.38. The topological polar surface area (TPSA) is 55.1 Å². The van der Waals surface area contributed by atoms with Crippen LogP contribution in [0.25, 0.3) is 11.0 Å². The van der Waals surface area contributed by atoms with Crippen molar-refractivity contribution in [1.29, 1.82) is 0 Å². The molecule has 0 saturated heterocycles. The van der Waals surface area contributed by atoms with E-state index in [0.29, 0.717) is 18.4 Å². The van der Waals surface area contributed by atoms with Crippen molar-refractivity contribution in [3.8, 4) is 0 Å². The molecule has 1 aromatic heterocycles. The predicted octanol–water partition coefficient (Wildman–Crippen LogP) is 3.31. The van der Waals surface area contributed by atoms with Crippen LogP contribution < -0.4 is 0 Å². The maximum absolute atomic E-state index is 12.9. The van der Waals surface area contributed by atoms with Gasteiger partial charge in [-0.2, -0.15) is 13.2 Å². The third kappa shape index (κ3) is 3.09. The molecule has 0 atom stereocenters. The number of para-hydroxylation sites is 2. The van der Waals surface area contributed by atoms with Crippen molar-refractivity contribution in [3.05, 3.63) is 30.1 Å². The number of hydrogen-bond acceptors (Lipinski definition) is 2. The quantitative estimate of drug-likeness (QED) is 0.858. The Morgan fingerprint density at radius 3 is 2.60 bits per heavy atom. The van der Waals surface area contributed by atoms with Crippen molar-refractivity contribution in [1.82, 2.24) is 9.55 Å². The van der Waals surface area contributed by atoms with Crippen molar-refractivity contribution in [2.24, 2.45) is 0 Å². The first-order valence-electron chi connectivity index (χ1n) is 6.14. The van der Waals surface area contributed by atoms with Crippen LogP contribution in [0.15, 0.2) is 24.3 Å². The van der Waals surface area contributed by atoms with Crippen LogP contribution in [-0.2, 0) is 17.5 Å². The molecule has 0 amide bonds. The van der Waals surface area contributed by atoms with Gasteiger partial charge in [-0.3, -0.25) is 4.79 Å². The molecule has 0 unspecified atom stereocenters. The number of benzene rings is 1. The highest BCUT2D eigenvalue weighted by Gasteiger charge is 2.37. The smallest absolute Gasteiger partial charge is 0.449 e. The second kappa shape index (κ2) is 5.52. The fourth-order valence-corrected chi connectivity index (χ4v) is 2.06. The number of unbranched alkanes of at least 4 members (excludes halogenated alkanes) is 1. The standard InChI is InChI=1S/C13H13F3N2O2/c14-13(15,16)12-17-9-5-1-2-6-10(9)18(12)8-4-3-7-11(19)20/h1-2,5-6H,3-4,7-8H2,(H,19,20). The van der Waals surface area contributed by atoms with Gasteiger partial charge in [0.2, 0.25) is 5.82 Å². The monoisotopic (exact) mass is 286 g/mol. The van der Waals surface area contributed by atoms with Gasteiger partial charge in [-0.15, -0.1) is 0 Å². The summed E-state index contributed by atoms with van der Waals surface area (Å²) in [5.41, 5.74) is 0.702. The molecule has 2 rings (SSSR count). The van der Waals surface area contributed by atoms with Gasteiger partial charge in [-0.05, 0) is 25.0 Å². The van der Waals surface area contributed by atoms with Gasteiger partial charge in [0.1, 0.15) is 0 Å². The molecular formula is C13H13F3N2O2. The molecule has 1 N–H and O–H groups in total. The maximum atomic E-state index is 12.9. The Balaban J connectivity index is 2.27. The van der Waals surface area contributed by atoms with Crippen LogP contribution in [0.2, 0.25) is 0 Å².